The van der Waals surface area contributed by atoms with Crippen LogP contribution in [0.2, 0.25) is 20.1 Å². The van der Waals surface area contributed by atoms with Gasteiger partial charge in [0.15, 0.2) is 0 Å². The van der Waals surface area contributed by atoms with Crippen molar-refractivity contribution in [2.45, 2.75) is 0 Å². The van der Waals surface area contributed by atoms with E-state index in [9.17, 15) is 10.0 Å². The smallest absolute Gasteiger partial charge is 0.423 e. The summed E-state index contributed by atoms with van der Waals surface area (Å²) in [5.41, 5.74) is 9.40. The Morgan fingerprint density at radius 1 is 0.379 bits per heavy atom. The Morgan fingerprint density at radius 3 is 1.28 bits per heavy atom. The van der Waals surface area contributed by atoms with E-state index in [0.29, 0.717) is 25.6 Å². The first-order valence-electron chi connectivity index (χ1n) is 18.3. The molecule has 0 fully saturated rings. The first-order valence-corrected chi connectivity index (χ1v) is 20.6. The largest absolute Gasteiger partial charge is 0.488 e. The molecule has 0 amide bonds. The highest BCUT2D eigenvalue weighted by Crippen LogP contribution is 2.36. The molecule has 2 heterocycles. The summed E-state index contributed by atoms with van der Waals surface area (Å²) in [5.74, 6) is 0. The fourth-order valence-corrected chi connectivity index (χ4v) is 9.06. The molecule has 58 heavy (non-hydrogen) atoms. The molecule has 0 atom stereocenters. The standard InChI is InChI=1S/C24H15Cl2N.C18H14BNO2.C6H3BrCl2/c25-18-12-17(13-19(26)15-18)16-10-11-24-22(14-16)21-8-4-5-9-23(21)27(24)20-6-2-1-3-7-20;21-19(22)13-10-11-18-16(12-13)15-8-4-5-9-17(15)20(18)14-6-2-1-3-7-14;7-4-1-5(8)3-6(9)2-4/h1-15H;1-12,21-22H;1-3H. The predicted molar refractivity (Wildman–Crippen MR) is 251 cm³/mol. The average molecular weight is 901 g/mol. The van der Waals surface area contributed by atoms with Crippen molar-refractivity contribution in [3.05, 3.63) is 207 Å². The van der Waals surface area contributed by atoms with Crippen molar-refractivity contribution in [2.24, 2.45) is 0 Å². The molecule has 0 radical (unpaired) electrons. The Balaban J connectivity index is 0.000000136. The maximum atomic E-state index is 9.43. The van der Waals surface area contributed by atoms with Crippen LogP contribution in [0.5, 0.6) is 0 Å². The van der Waals surface area contributed by atoms with Crippen LogP contribution in [0.25, 0.3) is 66.1 Å². The summed E-state index contributed by atoms with van der Waals surface area (Å²) in [6.07, 6.45) is 0. The molecule has 0 aliphatic heterocycles. The van der Waals surface area contributed by atoms with Crippen molar-refractivity contribution >= 4 is 119 Å². The van der Waals surface area contributed by atoms with Crippen LogP contribution in [-0.4, -0.2) is 26.3 Å². The fraction of sp³-hybridized carbons (Fsp3) is 0. The first kappa shape index (κ1) is 39.8. The molecule has 2 aromatic heterocycles. The van der Waals surface area contributed by atoms with E-state index in [1.54, 1.807) is 30.3 Å². The molecular formula is C48H32BBrCl4N2O2. The van der Waals surface area contributed by atoms with E-state index in [4.69, 9.17) is 46.4 Å². The molecule has 0 aliphatic rings. The molecule has 4 nitrogen and oxygen atoms in total. The molecule has 10 aromatic rings. The number of halogens is 5. The maximum Gasteiger partial charge on any atom is 0.488 e. The van der Waals surface area contributed by atoms with E-state index in [-0.39, 0.29) is 0 Å². The second-order valence-corrected chi connectivity index (χ2v) is 16.2. The molecule has 284 valence electrons. The van der Waals surface area contributed by atoms with Crippen molar-refractivity contribution < 1.29 is 10.0 Å². The van der Waals surface area contributed by atoms with Crippen LogP contribution in [0.1, 0.15) is 0 Å². The van der Waals surface area contributed by atoms with Gasteiger partial charge in [0, 0.05) is 57.5 Å². The highest BCUT2D eigenvalue weighted by molar-refractivity contribution is 9.10. The first-order chi connectivity index (χ1) is 28.1. The molecule has 0 unspecified atom stereocenters. The van der Waals surface area contributed by atoms with Gasteiger partial charge in [-0.25, -0.2) is 0 Å². The van der Waals surface area contributed by atoms with Gasteiger partial charge in [0.25, 0.3) is 0 Å². The average Bonchev–Trinajstić information content (AvgIpc) is 3.73. The van der Waals surface area contributed by atoms with Gasteiger partial charge in [-0.3, -0.25) is 0 Å². The minimum absolute atomic E-state index is 0.503. The SMILES string of the molecule is Clc1cc(Cl)cc(-c2ccc3c(c2)c2ccccc2n3-c2ccccc2)c1.Clc1cc(Cl)cc(Br)c1.OB(O)c1ccc2c(c1)c1ccccc1n2-c1ccccc1. The number of benzene rings is 8. The summed E-state index contributed by atoms with van der Waals surface area (Å²) >= 11 is 26.9. The van der Waals surface area contributed by atoms with Gasteiger partial charge >= 0.3 is 7.12 Å². The molecule has 0 bridgehead atoms. The number of nitrogens with zero attached hydrogens (tertiary/aromatic N) is 2. The van der Waals surface area contributed by atoms with E-state index in [0.717, 1.165) is 48.8 Å². The normalized spacial score (nSPS) is 11.0. The van der Waals surface area contributed by atoms with Gasteiger partial charge in [-0.05, 0) is 108 Å². The summed E-state index contributed by atoms with van der Waals surface area (Å²) in [6, 6.07) is 60.3. The summed E-state index contributed by atoms with van der Waals surface area (Å²) < 4.78 is 5.40. The van der Waals surface area contributed by atoms with E-state index in [2.05, 4.69) is 116 Å². The zero-order valence-electron chi connectivity index (χ0n) is 30.6. The molecular weight excluding hydrogens is 869 g/mol. The molecule has 8 aromatic carbocycles. The molecule has 10 rings (SSSR count). The van der Waals surface area contributed by atoms with Gasteiger partial charge in [-0.15, -0.1) is 0 Å². The fourth-order valence-electron chi connectivity index (χ4n) is 7.25. The van der Waals surface area contributed by atoms with Crippen molar-refractivity contribution in [2.75, 3.05) is 0 Å². The van der Waals surface area contributed by atoms with Crippen LogP contribution in [0.4, 0.5) is 0 Å². The highest BCUT2D eigenvalue weighted by atomic mass is 79.9. The van der Waals surface area contributed by atoms with Crippen molar-refractivity contribution in [1.82, 2.24) is 9.13 Å². The van der Waals surface area contributed by atoms with Crippen molar-refractivity contribution in [3.8, 4) is 22.5 Å². The van der Waals surface area contributed by atoms with E-state index < -0.39 is 7.12 Å². The Kier molecular flexibility index (Phi) is 12.0. The number of aromatic nitrogens is 2. The Labute approximate surface area is 364 Å². The zero-order chi connectivity index (χ0) is 40.3. The Morgan fingerprint density at radius 2 is 0.793 bits per heavy atom. The number of rotatable bonds is 4. The van der Waals surface area contributed by atoms with Gasteiger partial charge in [0.2, 0.25) is 0 Å². The molecule has 0 spiro atoms. The van der Waals surface area contributed by atoms with Gasteiger partial charge in [-0.2, -0.15) is 0 Å². The summed E-state index contributed by atoms with van der Waals surface area (Å²) in [6.45, 7) is 0. The van der Waals surface area contributed by atoms with Crippen molar-refractivity contribution in [1.29, 1.82) is 0 Å². The lowest BCUT2D eigenvalue weighted by molar-refractivity contribution is 0.426. The van der Waals surface area contributed by atoms with Gasteiger partial charge < -0.3 is 19.2 Å². The van der Waals surface area contributed by atoms with Crippen LogP contribution in [0, 0.1) is 0 Å². The van der Waals surface area contributed by atoms with E-state index in [1.165, 1.54) is 21.8 Å². The number of para-hydroxylation sites is 4. The number of hydrogen-bond donors (Lipinski definition) is 2. The third kappa shape index (κ3) is 8.42. The lowest BCUT2D eigenvalue weighted by atomic mass is 9.80. The Hall–Kier alpha value is -5.02. The topological polar surface area (TPSA) is 50.3 Å². The molecule has 0 aliphatic carbocycles. The number of fused-ring (bicyclic) bond motifs is 6. The zero-order valence-corrected chi connectivity index (χ0v) is 35.2. The summed E-state index contributed by atoms with van der Waals surface area (Å²) in [4.78, 5) is 0. The second-order valence-electron chi connectivity index (χ2n) is 13.5. The van der Waals surface area contributed by atoms with Gasteiger partial charge in [0.1, 0.15) is 0 Å². The van der Waals surface area contributed by atoms with Crippen LogP contribution in [-0.2, 0) is 0 Å². The highest BCUT2D eigenvalue weighted by Gasteiger charge is 2.17. The number of hydrogen-bond acceptors (Lipinski definition) is 2. The predicted octanol–water partition coefficient (Wildman–Crippen LogP) is 14.0. The van der Waals surface area contributed by atoms with Gasteiger partial charge in [-0.1, -0.05) is 153 Å². The monoisotopic (exact) mass is 898 g/mol. The van der Waals surface area contributed by atoms with E-state index in [1.807, 2.05) is 60.7 Å². The van der Waals surface area contributed by atoms with Crippen LogP contribution in [0.3, 0.4) is 0 Å². The Bertz CT molecular complexity index is 2990. The van der Waals surface area contributed by atoms with Crippen LogP contribution >= 0.6 is 62.3 Å². The lowest BCUT2D eigenvalue weighted by Gasteiger charge is -2.08. The lowest BCUT2D eigenvalue weighted by Crippen LogP contribution is -2.29. The van der Waals surface area contributed by atoms with Crippen LogP contribution in [0.15, 0.2) is 186 Å². The third-order valence-electron chi connectivity index (χ3n) is 9.72. The summed E-state index contributed by atoms with van der Waals surface area (Å²) in [7, 11) is -1.46. The maximum absolute atomic E-state index is 9.43. The minimum Gasteiger partial charge on any atom is -0.423 e. The molecule has 2 N–H and O–H groups in total. The molecule has 10 heteroatoms. The molecule has 0 saturated carbocycles. The summed E-state index contributed by atoms with van der Waals surface area (Å²) in [5, 5.41) is 26.0. The van der Waals surface area contributed by atoms with E-state index >= 15 is 0 Å². The minimum atomic E-state index is -1.46. The third-order valence-corrected chi connectivity index (χ3v) is 11.1. The van der Waals surface area contributed by atoms with Crippen molar-refractivity contribution in [3.63, 3.8) is 0 Å². The van der Waals surface area contributed by atoms with Gasteiger partial charge in [0.05, 0.1) is 22.1 Å². The second kappa shape index (κ2) is 17.5. The molecule has 0 saturated heterocycles. The quantitative estimate of drug-likeness (QED) is 0.173. The van der Waals surface area contributed by atoms with Crippen LogP contribution < -0.4 is 5.46 Å².